The number of rotatable bonds is 6. The van der Waals surface area contributed by atoms with E-state index < -0.39 is 5.25 Å². The van der Waals surface area contributed by atoms with Crippen molar-refractivity contribution in [2.75, 3.05) is 11.9 Å². The van der Waals surface area contributed by atoms with Crippen molar-refractivity contribution < 1.29 is 9.59 Å². The number of para-hydroxylation sites is 1. The summed E-state index contributed by atoms with van der Waals surface area (Å²) in [4.78, 5) is 31.8. The van der Waals surface area contributed by atoms with E-state index in [2.05, 4.69) is 16.9 Å². The monoisotopic (exact) mass is 407 g/mol. The second-order valence-electron chi connectivity index (χ2n) is 7.10. The van der Waals surface area contributed by atoms with Crippen LogP contribution >= 0.6 is 11.8 Å². The van der Waals surface area contributed by atoms with Gasteiger partial charge in [0.15, 0.2) is 5.17 Å². The lowest BCUT2D eigenvalue weighted by atomic mass is 10.1. The van der Waals surface area contributed by atoms with Crippen molar-refractivity contribution >= 4 is 40.1 Å². The van der Waals surface area contributed by atoms with Crippen LogP contribution in [0.4, 0.5) is 11.4 Å². The minimum absolute atomic E-state index is 0.0946. The molecule has 150 valence electrons. The van der Waals surface area contributed by atoms with Gasteiger partial charge in [0, 0.05) is 18.7 Å². The van der Waals surface area contributed by atoms with Crippen molar-refractivity contribution in [3.05, 3.63) is 71.8 Å². The number of benzene rings is 2. The van der Waals surface area contributed by atoms with Gasteiger partial charge in [0.05, 0.1) is 5.69 Å². The van der Waals surface area contributed by atoms with Gasteiger partial charge in [-0.15, -0.1) is 6.58 Å². The molecule has 3 rings (SSSR count). The molecule has 29 heavy (non-hydrogen) atoms. The number of anilines is 1. The third-order valence-corrected chi connectivity index (χ3v) is 5.88. The van der Waals surface area contributed by atoms with Crippen molar-refractivity contribution in [2.45, 2.75) is 32.4 Å². The zero-order chi connectivity index (χ0) is 21.0. The molecule has 0 radical (unpaired) electrons. The fourth-order valence-corrected chi connectivity index (χ4v) is 4.21. The van der Waals surface area contributed by atoms with Gasteiger partial charge in [0.25, 0.3) is 0 Å². The predicted molar refractivity (Wildman–Crippen MR) is 121 cm³/mol. The Labute approximate surface area is 175 Å². The number of hydrogen-bond acceptors (Lipinski definition) is 4. The van der Waals surface area contributed by atoms with E-state index >= 15 is 0 Å². The van der Waals surface area contributed by atoms with Crippen LogP contribution in [0, 0.1) is 20.8 Å². The number of amidine groups is 1. The molecule has 0 bridgehead atoms. The predicted octanol–water partition coefficient (Wildman–Crippen LogP) is 4.76. The molecule has 1 aliphatic heterocycles. The molecular weight excluding hydrogens is 382 g/mol. The maximum atomic E-state index is 12.9. The van der Waals surface area contributed by atoms with Gasteiger partial charge in [-0.1, -0.05) is 48.2 Å². The molecule has 0 aromatic heterocycles. The van der Waals surface area contributed by atoms with Gasteiger partial charge in [-0.05, 0) is 49.6 Å². The van der Waals surface area contributed by atoms with Crippen LogP contribution in [0.25, 0.3) is 0 Å². The molecule has 0 aliphatic carbocycles. The number of carbonyl (C=O) groups is 2. The van der Waals surface area contributed by atoms with Crippen LogP contribution in [0.5, 0.6) is 0 Å². The van der Waals surface area contributed by atoms with Crippen molar-refractivity contribution in [1.29, 1.82) is 0 Å². The smallest absolute Gasteiger partial charge is 0.242 e. The molecule has 0 saturated carbocycles. The Kier molecular flexibility index (Phi) is 6.54. The first-order valence-corrected chi connectivity index (χ1v) is 10.4. The molecule has 5 nitrogen and oxygen atoms in total. The summed E-state index contributed by atoms with van der Waals surface area (Å²) in [7, 11) is 0. The molecule has 1 saturated heterocycles. The van der Waals surface area contributed by atoms with E-state index in [1.807, 2.05) is 63.2 Å². The topological polar surface area (TPSA) is 61.8 Å². The van der Waals surface area contributed by atoms with Gasteiger partial charge in [-0.25, -0.2) is 4.99 Å². The van der Waals surface area contributed by atoms with E-state index in [-0.39, 0.29) is 18.2 Å². The lowest BCUT2D eigenvalue weighted by molar-refractivity contribution is -0.127. The number of amides is 2. The van der Waals surface area contributed by atoms with E-state index in [4.69, 9.17) is 0 Å². The Balaban J connectivity index is 1.77. The number of nitrogens with zero attached hydrogens (tertiary/aromatic N) is 2. The quantitative estimate of drug-likeness (QED) is 0.703. The first-order valence-electron chi connectivity index (χ1n) is 9.49. The Morgan fingerprint density at radius 1 is 1.21 bits per heavy atom. The van der Waals surface area contributed by atoms with Crippen molar-refractivity contribution in [1.82, 2.24) is 4.90 Å². The summed E-state index contributed by atoms with van der Waals surface area (Å²) < 4.78 is 0. The van der Waals surface area contributed by atoms with E-state index in [0.717, 1.165) is 28.1 Å². The second kappa shape index (κ2) is 9.09. The van der Waals surface area contributed by atoms with Crippen LogP contribution in [0.1, 0.15) is 23.1 Å². The summed E-state index contributed by atoms with van der Waals surface area (Å²) in [6, 6.07) is 13.7. The first-order chi connectivity index (χ1) is 13.9. The minimum atomic E-state index is -0.497. The summed E-state index contributed by atoms with van der Waals surface area (Å²) in [6.45, 7) is 10.0. The number of thioether (sulfide) groups is 1. The molecule has 1 heterocycles. The van der Waals surface area contributed by atoms with Crippen LogP contribution in [0.2, 0.25) is 0 Å². The summed E-state index contributed by atoms with van der Waals surface area (Å²) >= 11 is 1.33. The number of nitrogens with one attached hydrogen (secondary N) is 1. The van der Waals surface area contributed by atoms with Crippen LogP contribution in [-0.4, -0.2) is 33.7 Å². The molecule has 1 unspecified atom stereocenters. The normalized spacial score (nSPS) is 17.6. The van der Waals surface area contributed by atoms with Gasteiger partial charge in [0.2, 0.25) is 11.8 Å². The molecule has 2 aromatic rings. The Morgan fingerprint density at radius 2 is 1.97 bits per heavy atom. The lowest BCUT2D eigenvalue weighted by Crippen LogP contribution is -2.33. The minimum Gasteiger partial charge on any atom is -0.326 e. The third-order valence-electron chi connectivity index (χ3n) is 4.70. The largest absolute Gasteiger partial charge is 0.326 e. The van der Waals surface area contributed by atoms with E-state index in [1.165, 1.54) is 11.8 Å². The number of aryl methyl sites for hydroxylation is 3. The standard InChI is InChI=1S/C23H25N3O2S/c1-5-12-26-22(28)20(29-23(26)25-18-9-7-6-8-16(18)3)14-21(27)24-19-13-15(2)10-11-17(19)4/h5-11,13,20H,1,12,14H2,2-4H3,(H,24,27). The maximum absolute atomic E-state index is 12.9. The highest BCUT2D eigenvalue weighted by Gasteiger charge is 2.38. The second-order valence-corrected chi connectivity index (χ2v) is 8.27. The highest BCUT2D eigenvalue weighted by Crippen LogP contribution is 2.32. The third kappa shape index (κ3) is 4.95. The molecule has 2 amide bonds. The molecule has 0 spiro atoms. The molecule has 1 N–H and O–H groups in total. The molecule has 1 atom stereocenters. The summed E-state index contributed by atoms with van der Waals surface area (Å²) in [5.74, 6) is -0.293. The van der Waals surface area contributed by atoms with Crippen LogP contribution in [-0.2, 0) is 9.59 Å². The highest BCUT2D eigenvalue weighted by molar-refractivity contribution is 8.15. The van der Waals surface area contributed by atoms with Gasteiger partial charge in [-0.3, -0.25) is 14.5 Å². The fraction of sp³-hybridized carbons (Fsp3) is 0.261. The van der Waals surface area contributed by atoms with Gasteiger partial charge in [0.1, 0.15) is 5.25 Å². The van der Waals surface area contributed by atoms with Gasteiger partial charge >= 0.3 is 0 Å². The SMILES string of the molecule is C=CCN1C(=O)C(CC(=O)Nc2cc(C)ccc2C)SC1=Nc1ccccc1C. The first kappa shape index (κ1) is 20.9. The number of carbonyl (C=O) groups excluding carboxylic acids is 2. The van der Waals surface area contributed by atoms with Crippen LogP contribution in [0.15, 0.2) is 60.1 Å². The molecular formula is C23H25N3O2S. The summed E-state index contributed by atoms with van der Waals surface area (Å²) in [5.41, 5.74) is 4.69. The Bertz CT molecular complexity index is 984. The van der Waals surface area contributed by atoms with Crippen molar-refractivity contribution in [2.24, 2.45) is 4.99 Å². The van der Waals surface area contributed by atoms with E-state index in [0.29, 0.717) is 11.7 Å². The van der Waals surface area contributed by atoms with E-state index in [1.54, 1.807) is 11.0 Å². The Hall–Kier alpha value is -2.86. The number of hydrogen-bond donors (Lipinski definition) is 1. The van der Waals surface area contributed by atoms with Gasteiger partial charge in [-0.2, -0.15) is 0 Å². The van der Waals surface area contributed by atoms with Crippen LogP contribution in [0.3, 0.4) is 0 Å². The average molecular weight is 408 g/mol. The van der Waals surface area contributed by atoms with Gasteiger partial charge < -0.3 is 5.32 Å². The van der Waals surface area contributed by atoms with Crippen molar-refractivity contribution in [3.8, 4) is 0 Å². The zero-order valence-corrected chi connectivity index (χ0v) is 17.8. The molecule has 1 aliphatic rings. The van der Waals surface area contributed by atoms with E-state index in [9.17, 15) is 9.59 Å². The number of aliphatic imine (C=N–C) groups is 1. The summed E-state index contributed by atoms with van der Waals surface area (Å²) in [5, 5.41) is 3.04. The average Bonchev–Trinajstić information content (AvgIpc) is 2.95. The Morgan fingerprint density at radius 3 is 2.69 bits per heavy atom. The zero-order valence-electron chi connectivity index (χ0n) is 16.9. The molecule has 6 heteroatoms. The molecule has 2 aromatic carbocycles. The summed E-state index contributed by atoms with van der Waals surface area (Å²) in [6.07, 6.45) is 1.77. The highest BCUT2D eigenvalue weighted by atomic mass is 32.2. The molecule has 1 fully saturated rings. The lowest BCUT2D eigenvalue weighted by Gasteiger charge is -2.14. The van der Waals surface area contributed by atoms with Crippen molar-refractivity contribution in [3.63, 3.8) is 0 Å². The fourth-order valence-electron chi connectivity index (χ4n) is 3.05. The maximum Gasteiger partial charge on any atom is 0.242 e. The van der Waals surface area contributed by atoms with Crippen LogP contribution < -0.4 is 5.32 Å².